The van der Waals surface area contributed by atoms with E-state index in [0.717, 1.165) is 17.7 Å². The average molecular weight is 233 g/mol. The van der Waals surface area contributed by atoms with Crippen LogP contribution in [0.15, 0.2) is 18.2 Å². The molecule has 0 saturated heterocycles. The number of carbonyl (C=O) groups is 1. The van der Waals surface area contributed by atoms with Gasteiger partial charge in [0.15, 0.2) is 0 Å². The van der Waals surface area contributed by atoms with Crippen molar-refractivity contribution in [1.82, 2.24) is 0 Å². The Morgan fingerprint density at radius 2 is 2.18 bits per heavy atom. The Morgan fingerprint density at radius 1 is 1.41 bits per heavy atom. The summed E-state index contributed by atoms with van der Waals surface area (Å²) < 4.78 is 0. The zero-order chi connectivity index (χ0) is 12.4. The molecule has 17 heavy (non-hydrogen) atoms. The largest absolute Gasteiger partial charge is 0.330 e. The number of nitrogens with two attached hydrogens (primary N) is 2. The Hall–Kier alpha value is -1.39. The van der Waals surface area contributed by atoms with Crippen LogP contribution in [0.5, 0.6) is 0 Å². The number of rotatable bonds is 3. The van der Waals surface area contributed by atoms with E-state index in [1.54, 1.807) is 0 Å². The van der Waals surface area contributed by atoms with Crippen molar-refractivity contribution < 1.29 is 4.79 Å². The molecule has 1 aliphatic heterocycles. The Bertz CT molecular complexity index is 431. The van der Waals surface area contributed by atoms with Crippen molar-refractivity contribution in [2.24, 2.45) is 17.4 Å². The minimum Gasteiger partial charge on any atom is -0.330 e. The van der Waals surface area contributed by atoms with Gasteiger partial charge < -0.3 is 16.8 Å². The SMILES string of the molecule is CC(CN)C(N)c1ccc2c(c1)CCC(=O)N2. The van der Waals surface area contributed by atoms with Gasteiger partial charge in [-0.1, -0.05) is 19.1 Å². The maximum absolute atomic E-state index is 11.2. The maximum Gasteiger partial charge on any atom is 0.224 e. The molecule has 4 nitrogen and oxygen atoms in total. The van der Waals surface area contributed by atoms with Gasteiger partial charge in [0, 0.05) is 18.2 Å². The standard InChI is InChI=1S/C13H19N3O/c1-8(7-14)13(15)10-2-4-11-9(6-10)3-5-12(17)16-11/h2,4,6,8,13H,3,5,7,14-15H2,1H3,(H,16,17). The second-order valence-corrected chi connectivity index (χ2v) is 4.70. The molecule has 0 radical (unpaired) electrons. The summed E-state index contributed by atoms with van der Waals surface area (Å²) in [7, 11) is 0. The second-order valence-electron chi connectivity index (χ2n) is 4.70. The van der Waals surface area contributed by atoms with Gasteiger partial charge in [0.25, 0.3) is 0 Å². The van der Waals surface area contributed by atoms with Crippen molar-refractivity contribution in [3.8, 4) is 0 Å². The predicted molar refractivity (Wildman–Crippen MR) is 68.5 cm³/mol. The summed E-state index contributed by atoms with van der Waals surface area (Å²) in [6.45, 7) is 2.63. The van der Waals surface area contributed by atoms with Crippen molar-refractivity contribution >= 4 is 11.6 Å². The Kier molecular flexibility index (Phi) is 3.45. The van der Waals surface area contributed by atoms with Gasteiger partial charge in [-0.2, -0.15) is 0 Å². The number of hydrogen-bond acceptors (Lipinski definition) is 3. The van der Waals surface area contributed by atoms with E-state index in [1.807, 2.05) is 19.1 Å². The summed E-state index contributed by atoms with van der Waals surface area (Å²) in [5.74, 6) is 0.344. The van der Waals surface area contributed by atoms with E-state index < -0.39 is 0 Å². The van der Waals surface area contributed by atoms with E-state index in [0.29, 0.717) is 13.0 Å². The van der Waals surface area contributed by atoms with Crippen LogP contribution in [0.2, 0.25) is 0 Å². The highest BCUT2D eigenvalue weighted by Crippen LogP contribution is 2.27. The molecule has 4 heteroatoms. The van der Waals surface area contributed by atoms with Crippen LogP contribution in [-0.2, 0) is 11.2 Å². The first kappa shape index (κ1) is 12.1. The maximum atomic E-state index is 11.2. The van der Waals surface area contributed by atoms with Crippen molar-refractivity contribution in [3.05, 3.63) is 29.3 Å². The third-order valence-corrected chi connectivity index (χ3v) is 3.39. The molecule has 0 saturated carbocycles. The molecule has 0 bridgehead atoms. The van der Waals surface area contributed by atoms with Crippen LogP contribution < -0.4 is 16.8 Å². The fourth-order valence-corrected chi connectivity index (χ4v) is 2.09. The molecule has 2 rings (SSSR count). The molecule has 1 heterocycles. The van der Waals surface area contributed by atoms with E-state index in [9.17, 15) is 4.79 Å². The van der Waals surface area contributed by atoms with Crippen molar-refractivity contribution in [1.29, 1.82) is 0 Å². The van der Waals surface area contributed by atoms with Crippen LogP contribution in [0.25, 0.3) is 0 Å². The lowest BCUT2D eigenvalue weighted by Gasteiger charge is -2.22. The Balaban J connectivity index is 2.24. The number of amides is 1. The lowest BCUT2D eigenvalue weighted by atomic mass is 9.92. The number of carbonyl (C=O) groups excluding carboxylic acids is 1. The van der Waals surface area contributed by atoms with Crippen LogP contribution in [0.1, 0.15) is 30.5 Å². The van der Waals surface area contributed by atoms with Crippen LogP contribution in [0.4, 0.5) is 5.69 Å². The number of fused-ring (bicyclic) bond motifs is 1. The van der Waals surface area contributed by atoms with Gasteiger partial charge in [0.1, 0.15) is 0 Å². The first-order valence-electron chi connectivity index (χ1n) is 6.00. The minimum atomic E-state index is -0.0390. The van der Waals surface area contributed by atoms with Gasteiger partial charge in [-0.15, -0.1) is 0 Å². The molecule has 0 spiro atoms. The summed E-state index contributed by atoms with van der Waals surface area (Å²) in [5, 5.41) is 2.86. The van der Waals surface area contributed by atoms with Crippen molar-refractivity contribution in [3.63, 3.8) is 0 Å². The fourth-order valence-electron chi connectivity index (χ4n) is 2.09. The van der Waals surface area contributed by atoms with Crippen molar-refractivity contribution in [2.75, 3.05) is 11.9 Å². The van der Waals surface area contributed by atoms with Crippen LogP contribution >= 0.6 is 0 Å². The van der Waals surface area contributed by atoms with Crippen LogP contribution in [0, 0.1) is 5.92 Å². The molecule has 2 atom stereocenters. The molecule has 92 valence electrons. The fraction of sp³-hybridized carbons (Fsp3) is 0.462. The normalized spacial score (nSPS) is 18.2. The molecule has 1 aromatic carbocycles. The van der Waals surface area contributed by atoms with Gasteiger partial charge in [0.2, 0.25) is 5.91 Å². The van der Waals surface area contributed by atoms with Gasteiger partial charge in [-0.25, -0.2) is 0 Å². The first-order chi connectivity index (χ1) is 8.11. The average Bonchev–Trinajstić information content (AvgIpc) is 2.36. The third-order valence-electron chi connectivity index (χ3n) is 3.39. The minimum absolute atomic E-state index is 0.0390. The van der Waals surface area contributed by atoms with E-state index in [1.165, 1.54) is 5.56 Å². The van der Waals surface area contributed by atoms with E-state index in [2.05, 4.69) is 11.4 Å². The van der Waals surface area contributed by atoms with Crippen LogP contribution in [0.3, 0.4) is 0 Å². The van der Waals surface area contributed by atoms with E-state index >= 15 is 0 Å². The topological polar surface area (TPSA) is 81.1 Å². The second kappa shape index (κ2) is 4.85. The third kappa shape index (κ3) is 2.48. The Morgan fingerprint density at radius 3 is 2.88 bits per heavy atom. The summed E-state index contributed by atoms with van der Waals surface area (Å²) >= 11 is 0. The number of hydrogen-bond donors (Lipinski definition) is 3. The van der Waals surface area contributed by atoms with Gasteiger partial charge in [0.05, 0.1) is 0 Å². The highest BCUT2D eigenvalue weighted by atomic mass is 16.1. The van der Waals surface area contributed by atoms with Gasteiger partial charge >= 0.3 is 0 Å². The Labute approximate surface area is 101 Å². The molecule has 0 fully saturated rings. The smallest absolute Gasteiger partial charge is 0.224 e. The zero-order valence-electron chi connectivity index (χ0n) is 10.1. The first-order valence-corrected chi connectivity index (χ1v) is 6.00. The molecule has 1 aromatic rings. The molecule has 0 aromatic heterocycles. The monoisotopic (exact) mass is 233 g/mol. The molecular formula is C13H19N3O. The van der Waals surface area contributed by atoms with Crippen molar-refractivity contribution in [2.45, 2.75) is 25.8 Å². The summed E-state index contributed by atoms with van der Waals surface area (Å²) in [6.07, 6.45) is 1.34. The molecule has 5 N–H and O–H groups in total. The molecule has 0 aliphatic carbocycles. The van der Waals surface area contributed by atoms with Gasteiger partial charge in [-0.3, -0.25) is 4.79 Å². The lowest BCUT2D eigenvalue weighted by Crippen LogP contribution is -2.26. The number of nitrogens with one attached hydrogen (secondary N) is 1. The molecular weight excluding hydrogens is 214 g/mol. The number of anilines is 1. The highest BCUT2D eigenvalue weighted by molar-refractivity contribution is 5.93. The predicted octanol–water partition coefficient (Wildman–Crippen LogP) is 1.17. The number of benzene rings is 1. The quantitative estimate of drug-likeness (QED) is 0.733. The summed E-state index contributed by atoms with van der Waals surface area (Å²) in [6, 6.07) is 5.96. The molecule has 2 unspecified atom stereocenters. The molecule has 1 aliphatic rings. The molecule has 1 amide bonds. The summed E-state index contributed by atoms with van der Waals surface area (Å²) in [4.78, 5) is 11.2. The van der Waals surface area contributed by atoms with Gasteiger partial charge in [-0.05, 0) is 36.1 Å². The van der Waals surface area contributed by atoms with Crippen LogP contribution in [-0.4, -0.2) is 12.5 Å². The number of aryl methyl sites for hydroxylation is 1. The van der Waals surface area contributed by atoms with E-state index in [-0.39, 0.29) is 17.9 Å². The highest BCUT2D eigenvalue weighted by Gasteiger charge is 2.18. The van der Waals surface area contributed by atoms with E-state index in [4.69, 9.17) is 11.5 Å². The summed E-state index contributed by atoms with van der Waals surface area (Å²) in [5.41, 5.74) is 14.9. The lowest BCUT2D eigenvalue weighted by molar-refractivity contribution is -0.116. The zero-order valence-corrected chi connectivity index (χ0v) is 10.1.